The highest BCUT2D eigenvalue weighted by Gasteiger charge is 2.26. The Balaban J connectivity index is 3.83. The average molecular weight is 714 g/mol. The summed E-state index contributed by atoms with van der Waals surface area (Å²) in [7, 11) is -4.31. The summed E-state index contributed by atoms with van der Waals surface area (Å²) < 4.78 is 32.6. The van der Waals surface area contributed by atoms with Gasteiger partial charge in [0.1, 0.15) is 0 Å². The van der Waals surface area contributed by atoms with Crippen molar-refractivity contribution in [2.75, 3.05) is 5.75 Å². The van der Waals surface area contributed by atoms with Crippen LogP contribution in [0.25, 0.3) is 0 Å². The molecule has 3 N–H and O–H groups in total. The van der Waals surface area contributed by atoms with Crippen LogP contribution in [0.2, 0.25) is 0 Å². The van der Waals surface area contributed by atoms with Crippen LogP contribution in [0.1, 0.15) is 232 Å². The van der Waals surface area contributed by atoms with E-state index in [9.17, 15) is 22.9 Å². The van der Waals surface area contributed by atoms with Gasteiger partial charge in [0.2, 0.25) is 5.91 Å². The number of rotatable bonds is 39. The van der Waals surface area contributed by atoms with Crippen LogP contribution in [0.4, 0.5) is 0 Å². The van der Waals surface area contributed by atoms with E-state index in [1.54, 1.807) is 0 Å². The largest absolute Gasteiger partial charge is 0.391 e. The lowest BCUT2D eigenvalue weighted by atomic mass is 10.0. The highest BCUT2D eigenvalue weighted by atomic mass is 32.2. The highest BCUT2D eigenvalue weighted by Crippen LogP contribution is 2.16. The normalized spacial score (nSPS) is 13.3. The van der Waals surface area contributed by atoms with Crippen LogP contribution in [0.15, 0.2) is 12.2 Å². The second-order valence-electron chi connectivity index (χ2n) is 15.0. The summed E-state index contributed by atoms with van der Waals surface area (Å²) in [6.07, 6.45) is 44.4. The van der Waals surface area contributed by atoms with Crippen LogP contribution in [0.5, 0.6) is 0 Å². The zero-order valence-electron chi connectivity index (χ0n) is 32.6. The third-order valence-electron chi connectivity index (χ3n) is 9.97. The predicted molar refractivity (Wildman–Crippen MR) is 212 cm³/mol. The number of hydrogen-bond acceptors (Lipinski definition) is 4. The molecule has 0 aromatic heterocycles. The molecule has 6 nitrogen and oxygen atoms in total. The van der Waals surface area contributed by atoms with Crippen molar-refractivity contribution in [1.82, 2.24) is 5.32 Å². The number of nitrogens with one attached hydrogen (secondary N) is 1. The van der Waals surface area contributed by atoms with E-state index in [-0.39, 0.29) is 5.91 Å². The molecular formula is C42H83NO5S. The van der Waals surface area contributed by atoms with Crippen molar-refractivity contribution >= 4 is 16.0 Å². The Morgan fingerprint density at radius 2 is 0.857 bits per heavy atom. The summed E-state index contributed by atoms with van der Waals surface area (Å²) in [6, 6.07) is -0.971. The molecular weight excluding hydrogens is 631 g/mol. The smallest absolute Gasteiger partial charge is 0.266 e. The van der Waals surface area contributed by atoms with Gasteiger partial charge in [-0.25, -0.2) is 0 Å². The molecule has 0 aliphatic heterocycles. The monoisotopic (exact) mass is 714 g/mol. The SMILES string of the molecule is CCCCCCCCC/C=C\CCCCCCCC(=O)NC(CS(=O)(=O)O)C(O)CCCCCCCCCCCCCCCCCCCC. The van der Waals surface area contributed by atoms with E-state index in [1.807, 2.05) is 0 Å². The summed E-state index contributed by atoms with van der Waals surface area (Å²) in [4.78, 5) is 12.5. The molecule has 0 aliphatic carbocycles. The minimum atomic E-state index is -4.31. The Morgan fingerprint density at radius 3 is 1.22 bits per heavy atom. The van der Waals surface area contributed by atoms with E-state index in [1.165, 1.54) is 154 Å². The first-order valence-electron chi connectivity index (χ1n) is 21.4. The minimum Gasteiger partial charge on any atom is -0.391 e. The number of carbonyl (C=O) groups is 1. The summed E-state index contributed by atoms with van der Waals surface area (Å²) in [5, 5.41) is 13.4. The van der Waals surface area contributed by atoms with Crippen LogP contribution in [0, 0.1) is 0 Å². The van der Waals surface area contributed by atoms with Gasteiger partial charge in [-0.1, -0.05) is 199 Å². The van der Waals surface area contributed by atoms with Gasteiger partial charge in [0.15, 0.2) is 0 Å². The van der Waals surface area contributed by atoms with Gasteiger partial charge in [-0.3, -0.25) is 9.35 Å². The maximum atomic E-state index is 12.5. The van der Waals surface area contributed by atoms with Gasteiger partial charge >= 0.3 is 0 Å². The number of aliphatic hydroxyl groups excluding tert-OH is 1. The fraction of sp³-hybridized carbons (Fsp3) is 0.929. The third kappa shape index (κ3) is 38.1. The first-order valence-corrected chi connectivity index (χ1v) is 23.0. The van der Waals surface area contributed by atoms with Gasteiger partial charge in [-0.05, 0) is 38.5 Å². The van der Waals surface area contributed by atoms with E-state index in [2.05, 4.69) is 31.3 Å². The summed E-state index contributed by atoms with van der Waals surface area (Å²) in [6.45, 7) is 4.53. The molecule has 0 bridgehead atoms. The molecule has 292 valence electrons. The van der Waals surface area contributed by atoms with Gasteiger partial charge in [0, 0.05) is 6.42 Å². The van der Waals surface area contributed by atoms with Crippen molar-refractivity contribution in [3.8, 4) is 0 Å². The van der Waals surface area contributed by atoms with Crippen LogP contribution in [-0.2, 0) is 14.9 Å². The summed E-state index contributed by atoms with van der Waals surface area (Å²) >= 11 is 0. The Bertz CT molecular complexity index is 831. The molecule has 0 aromatic rings. The van der Waals surface area contributed by atoms with Crippen LogP contribution in [0.3, 0.4) is 0 Å². The number of allylic oxidation sites excluding steroid dienone is 2. The fourth-order valence-corrected chi connectivity index (χ4v) is 7.50. The fourth-order valence-electron chi connectivity index (χ4n) is 6.74. The number of carbonyl (C=O) groups excluding carboxylic acids is 1. The molecule has 2 unspecified atom stereocenters. The Kier molecular flexibility index (Phi) is 36.2. The lowest BCUT2D eigenvalue weighted by molar-refractivity contribution is -0.122. The van der Waals surface area contributed by atoms with Crippen LogP contribution < -0.4 is 5.32 Å². The first-order chi connectivity index (χ1) is 23.8. The quantitative estimate of drug-likeness (QED) is 0.0334. The maximum Gasteiger partial charge on any atom is 0.266 e. The lowest BCUT2D eigenvalue weighted by Gasteiger charge is -2.23. The number of amides is 1. The molecule has 0 rings (SSSR count). The van der Waals surface area contributed by atoms with E-state index >= 15 is 0 Å². The molecule has 0 aromatic carbocycles. The molecule has 2 atom stereocenters. The standard InChI is InChI=1S/C42H83NO5S/c1-3-5-7-9-11-13-15-17-19-21-22-23-25-27-29-31-33-35-37-41(44)40(39-49(46,47)48)43-42(45)38-36-34-32-30-28-26-24-20-18-16-14-12-10-8-6-4-2/h20,24,40-41,44H,3-19,21-23,25-39H2,1-2H3,(H,43,45)(H,46,47,48)/b24-20-. The van der Waals surface area contributed by atoms with Gasteiger partial charge in [0.25, 0.3) is 10.1 Å². The molecule has 1 amide bonds. The Hall–Kier alpha value is -0.920. The second kappa shape index (κ2) is 36.9. The minimum absolute atomic E-state index is 0.251. The molecule has 49 heavy (non-hydrogen) atoms. The van der Waals surface area contributed by atoms with Gasteiger partial charge in [-0.15, -0.1) is 0 Å². The van der Waals surface area contributed by atoms with E-state index in [0.29, 0.717) is 12.8 Å². The van der Waals surface area contributed by atoms with Gasteiger partial charge < -0.3 is 10.4 Å². The highest BCUT2D eigenvalue weighted by molar-refractivity contribution is 7.85. The van der Waals surface area contributed by atoms with Crippen molar-refractivity contribution in [2.24, 2.45) is 0 Å². The molecule has 0 heterocycles. The average Bonchev–Trinajstić information content (AvgIpc) is 3.06. The first kappa shape index (κ1) is 48.1. The van der Waals surface area contributed by atoms with Crippen LogP contribution in [-0.4, -0.2) is 41.9 Å². The molecule has 0 spiro atoms. The molecule has 0 radical (unpaired) electrons. The van der Waals surface area contributed by atoms with Crippen molar-refractivity contribution < 1.29 is 22.9 Å². The Labute approximate surface area is 305 Å². The van der Waals surface area contributed by atoms with E-state index < -0.39 is 28.0 Å². The predicted octanol–water partition coefficient (Wildman–Crippen LogP) is 12.6. The summed E-state index contributed by atoms with van der Waals surface area (Å²) in [5.74, 6) is -0.899. The van der Waals surface area contributed by atoms with Crippen molar-refractivity contribution in [2.45, 2.75) is 244 Å². The molecule has 0 fully saturated rings. The third-order valence-corrected chi connectivity index (χ3v) is 10.8. The molecule has 0 saturated heterocycles. The lowest BCUT2D eigenvalue weighted by Crippen LogP contribution is -2.47. The molecule has 0 aliphatic rings. The zero-order chi connectivity index (χ0) is 36.1. The second-order valence-corrected chi connectivity index (χ2v) is 16.5. The summed E-state index contributed by atoms with van der Waals surface area (Å²) in [5.41, 5.74) is 0. The van der Waals surface area contributed by atoms with Crippen molar-refractivity contribution in [3.63, 3.8) is 0 Å². The van der Waals surface area contributed by atoms with E-state index in [4.69, 9.17) is 0 Å². The number of unbranched alkanes of at least 4 members (excludes halogenated alkanes) is 29. The Morgan fingerprint density at radius 1 is 0.531 bits per heavy atom. The van der Waals surface area contributed by atoms with Crippen molar-refractivity contribution in [3.05, 3.63) is 12.2 Å². The molecule has 7 heteroatoms. The van der Waals surface area contributed by atoms with Crippen LogP contribution >= 0.6 is 0 Å². The number of aliphatic hydroxyl groups is 1. The van der Waals surface area contributed by atoms with Gasteiger partial charge in [-0.2, -0.15) is 8.42 Å². The topological polar surface area (TPSA) is 104 Å². The van der Waals surface area contributed by atoms with Gasteiger partial charge in [0.05, 0.1) is 17.9 Å². The number of hydrogen-bond donors (Lipinski definition) is 3. The van der Waals surface area contributed by atoms with E-state index in [0.717, 1.165) is 51.4 Å². The molecule has 0 saturated carbocycles. The zero-order valence-corrected chi connectivity index (χ0v) is 33.4. The van der Waals surface area contributed by atoms with Crippen molar-refractivity contribution in [1.29, 1.82) is 0 Å². The maximum absolute atomic E-state index is 12.5.